The summed E-state index contributed by atoms with van der Waals surface area (Å²) in [4.78, 5) is 11.7. The molecule has 0 aliphatic heterocycles. The van der Waals surface area contributed by atoms with Gasteiger partial charge in [0.1, 0.15) is 5.75 Å². The maximum atomic E-state index is 11.7. The summed E-state index contributed by atoms with van der Waals surface area (Å²) in [5.41, 5.74) is 1.15. The maximum Gasteiger partial charge on any atom is 0.513 e. The van der Waals surface area contributed by atoms with E-state index in [1.165, 1.54) is 32.1 Å². The van der Waals surface area contributed by atoms with Crippen LogP contribution in [0.4, 0.5) is 4.79 Å². The smallest absolute Gasteiger partial charge is 0.434 e. The van der Waals surface area contributed by atoms with E-state index >= 15 is 0 Å². The predicted molar refractivity (Wildman–Crippen MR) is 79.2 cm³/mol. The fourth-order valence-corrected chi connectivity index (χ4v) is 2.74. The first-order chi connectivity index (χ1) is 9.81. The molecule has 0 heterocycles. The van der Waals surface area contributed by atoms with Crippen LogP contribution in [-0.4, -0.2) is 12.8 Å². The van der Waals surface area contributed by atoms with Crippen molar-refractivity contribution in [1.82, 2.24) is 0 Å². The van der Waals surface area contributed by atoms with Crippen molar-refractivity contribution < 1.29 is 14.3 Å². The molecule has 1 aliphatic carbocycles. The molecular formula is C17H24O3. The molecule has 0 N–H and O–H groups in total. The normalized spacial score (nSPS) is 15.8. The van der Waals surface area contributed by atoms with Crippen molar-refractivity contribution >= 4 is 6.16 Å². The minimum atomic E-state index is -0.582. The lowest BCUT2D eigenvalue weighted by Crippen LogP contribution is -2.14. The van der Waals surface area contributed by atoms with Gasteiger partial charge in [0.05, 0.1) is 6.61 Å². The first-order valence-corrected chi connectivity index (χ1v) is 7.74. The summed E-state index contributed by atoms with van der Waals surface area (Å²) >= 11 is 0. The van der Waals surface area contributed by atoms with Crippen molar-refractivity contribution in [2.75, 3.05) is 6.61 Å². The number of benzene rings is 1. The molecule has 0 bridgehead atoms. The average molecular weight is 276 g/mol. The van der Waals surface area contributed by atoms with Crippen LogP contribution in [-0.2, 0) is 4.74 Å². The van der Waals surface area contributed by atoms with Crippen molar-refractivity contribution in [2.24, 2.45) is 0 Å². The number of hydrogen-bond acceptors (Lipinski definition) is 3. The molecule has 110 valence electrons. The minimum Gasteiger partial charge on any atom is -0.434 e. The highest BCUT2D eigenvalue weighted by molar-refractivity contribution is 5.64. The van der Waals surface area contributed by atoms with Gasteiger partial charge in [-0.15, -0.1) is 0 Å². The Balaban J connectivity index is 1.98. The van der Waals surface area contributed by atoms with Crippen LogP contribution in [0.1, 0.15) is 63.4 Å². The van der Waals surface area contributed by atoms with E-state index in [9.17, 15) is 4.79 Å². The molecule has 0 unspecified atom stereocenters. The summed E-state index contributed by atoms with van der Waals surface area (Å²) in [6.07, 6.45) is 7.52. The Morgan fingerprint density at radius 2 is 1.95 bits per heavy atom. The number of carbonyl (C=O) groups excluding carboxylic acids is 1. The Hall–Kier alpha value is -1.51. The number of carbonyl (C=O) groups is 1. The number of hydrogen-bond donors (Lipinski definition) is 0. The molecular weight excluding hydrogens is 252 g/mol. The SMILES string of the molecule is CCCCOC(=O)Oc1ccccc1C1CCCCC1. The third-order valence-electron chi connectivity index (χ3n) is 3.88. The Bertz CT molecular complexity index is 422. The Morgan fingerprint density at radius 1 is 1.20 bits per heavy atom. The maximum absolute atomic E-state index is 11.7. The van der Waals surface area contributed by atoms with Gasteiger partial charge in [-0.05, 0) is 36.8 Å². The van der Waals surface area contributed by atoms with Gasteiger partial charge in [0.2, 0.25) is 0 Å². The van der Waals surface area contributed by atoms with Crippen LogP contribution >= 0.6 is 0 Å². The van der Waals surface area contributed by atoms with Crippen LogP contribution in [0.2, 0.25) is 0 Å². The first kappa shape index (κ1) is 14.9. The van der Waals surface area contributed by atoms with Crippen molar-refractivity contribution in [3.05, 3.63) is 29.8 Å². The molecule has 0 radical (unpaired) electrons. The standard InChI is InChI=1S/C17H24O3/c1-2-3-13-19-17(18)20-16-12-8-7-11-15(16)14-9-5-4-6-10-14/h7-8,11-12,14H,2-6,9-10,13H2,1H3. The second-order valence-electron chi connectivity index (χ2n) is 5.43. The van der Waals surface area contributed by atoms with Crippen LogP contribution in [0.25, 0.3) is 0 Å². The molecule has 0 aromatic heterocycles. The van der Waals surface area contributed by atoms with Crippen LogP contribution in [0.5, 0.6) is 5.75 Å². The van der Waals surface area contributed by atoms with E-state index < -0.39 is 6.16 Å². The zero-order valence-electron chi connectivity index (χ0n) is 12.3. The Labute approximate surface area is 121 Å². The van der Waals surface area contributed by atoms with E-state index in [4.69, 9.17) is 9.47 Å². The van der Waals surface area contributed by atoms with E-state index in [0.29, 0.717) is 18.3 Å². The third-order valence-corrected chi connectivity index (χ3v) is 3.88. The highest BCUT2D eigenvalue weighted by atomic mass is 16.7. The van der Waals surface area contributed by atoms with Crippen LogP contribution in [0.3, 0.4) is 0 Å². The molecule has 1 aromatic rings. The Kier molecular flexibility index (Phi) is 5.90. The predicted octanol–water partition coefficient (Wildman–Crippen LogP) is 5.05. The lowest BCUT2D eigenvalue weighted by Gasteiger charge is -2.23. The van der Waals surface area contributed by atoms with Crippen LogP contribution < -0.4 is 4.74 Å². The second-order valence-corrected chi connectivity index (χ2v) is 5.43. The quantitative estimate of drug-likeness (QED) is 0.429. The van der Waals surface area contributed by atoms with Crippen molar-refractivity contribution in [3.8, 4) is 5.75 Å². The van der Waals surface area contributed by atoms with Crippen molar-refractivity contribution in [2.45, 2.75) is 57.8 Å². The number of unbranched alkanes of at least 4 members (excludes halogenated alkanes) is 1. The monoisotopic (exact) mass is 276 g/mol. The van der Waals surface area contributed by atoms with E-state index in [1.54, 1.807) is 0 Å². The van der Waals surface area contributed by atoms with Crippen molar-refractivity contribution in [3.63, 3.8) is 0 Å². The summed E-state index contributed by atoms with van der Waals surface area (Å²) in [6.45, 7) is 2.49. The van der Waals surface area contributed by atoms with Gasteiger partial charge in [0.15, 0.2) is 0 Å². The van der Waals surface area contributed by atoms with Gasteiger partial charge >= 0.3 is 6.16 Å². The second kappa shape index (κ2) is 7.93. The first-order valence-electron chi connectivity index (χ1n) is 7.74. The molecule has 0 atom stereocenters. The van der Waals surface area contributed by atoms with Gasteiger partial charge < -0.3 is 9.47 Å². The van der Waals surface area contributed by atoms with Gasteiger partial charge in [0, 0.05) is 0 Å². The molecule has 3 heteroatoms. The highest BCUT2D eigenvalue weighted by Crippen LogP contribution is 2.37. The van der Waals surface area contributed by atoms with E-state index in [1.807, 2.05) is 18.2 Å². The Morgan fingerprint density at radius 3 is 2.70 bits per heavy atom. The van der Waals surface area contributed by atoms with Gasteiger partial charge in [-0.2, -0.15) is 0 Å². The molecule has 1 aromatic carbocycles. The molecule has 0 amide bonds. The molecule has 1 saturated carbocycles. The van der Waals surface area contributed by atoms with Gasteiger partial charge in [-0.25, -0.2) is 4.79 Å². The molecule has 0 saturated heterocycles. The van der Waals surface area contributed by atoms with E-state index in [0.717, 1.165) is 18.4 Å². The van der Waals surface area contributed by atoms with E-state index in [2.05, 4.69) is 13.0 Å². The molecule has 1 aliphatic rings. The zero-order chi connectivity index (χ0) is 14.2. The van der Waals surface area contributed by atoms with Crippen LogP contribution in [0, 0.1) is 0 Å². The molecule has 20 heavy (non-hydrogen) atoms. The summed E-state index contributed by atoms with van der Waals surface area (Å²) in [7, 11) is 0. The van der Waals surface area contributed by atoms with Gasteiger partial charge in [0.25, 0.3) is 0 Å². The largest absolute Gasteiger partial charge is 0.513 e. The number of rotatable bonds is 5. The zero-order valence-corrected chi connectivity index (χ0v) is 12.3. The molecule has 0 spiro atoms. The summed E-state index contributed by atoms with van der Waals surface area (Å²) in [5, 5.41) is 0. The minimum absolute atomic E-state index is 0.431. The topological polar surface area (TPSA) is 35.5 Å². The highest BCUT2D eigenvalue weighted by Gasteiger charge is 2.20. The lowest BCUT2D eigenvalue weighted by atomic mass is 9.84. The molecule has 3 nitrogen and oxygen atoms in total. The number of ether oxygens (including phenoxy) is 2. The van der Waals surface area contributed by atoms with Crippen LogP contribution in [0.15, 0.2) is 24.3 Å². The summed E-state index contributed by atoms with van der Waals surface area (Å²) in [6, 6.07) is 7.86. The fourth-order valence-electron chi connectivity index (χ4n) is 2.74. The summed E-state index contributed by atoms with van der Waals surface area (Å²) < 4.78 is 10.5. The number of para-hydroxylation sites is 1. The fraction of sp³-hybridized carbons (Fsp3) is 0.588. The van der Waals surface area contributed by atoms with Gasteiger partial charge in [-0.1, -0.05) is 50.8 Å². The third kappa shape index (κ3) is 4.26. The van der Waals surface area contributed by atoms with Gasteiger partial charge in [-0.3, -0.25) is 0 Å². The van der Waals surface area contributed by atoms with E-state index in [-0.39, 0.29) is 0 Å². The van der Waals surface area contributed by atoms with Crippen molar-refractivity contribution in [1.29, 1.82) is 0 Å². The lowest BCUT2D eigenvalue weighted by molar-refractivity contribution is 0.0972. The summed E-state index contributed by atoms with van der Waals surface area (Å²) in [5.74, 6) is 1.18. The molecule has 2 rings (SSSR count). The molecule has 1 fully saturated rings. The average Bonchev–Trinajstić information content (AvgIpc) is 2.49.